The largest absolute Gasteiger partial charge is 0.388 e. The molecule has 0 fully saturated rings. The zero-order valence-electron chi connectivity index (χ0n) is 10.5. The number of aliphatic hydroxyl groups is 1. The summed E-state index contributed by atoms with van der Waals surface area (Å²) in [5.41, 5.74) is 0.968. The number of rotatable bonds is 4. The maximum Gasteiger partial charge on any atom is 0.159 e. The Morgan fingerprint density at radius 2 is 1.78 bits per heavy atom. The molecule has 0 amide bonds. The standard InChI is InChI=1S/C13H16FN3O/c1-9(2)17-12(15-16-13(17)8-18)7-10-3-5-11(14)6-4-10/h3-6,9,18H,7-8H2,1-2H3. The number of hydrogen-bond acceptors (Lipinski definition) is 3. The molecule has 18 heavy (non-hydrogen) atoms. The second-order valence-electron chi connectivity index (χ2n) is 4.46. The van der Waals surface area contributed by atoms with Crippen molar-refractivity contribution in [2.75, 3.05) is 0 Å². The number of aromatic nitrogens is 3. The average Bonchev–Trinajstić information content (AvgIpc) is 2.75. The van der Waals surface area contributed by atoms with Crippen LogP contribution < -0.4 is 0 Å². The fourth-order valence-electron chi connectivity index (χ4n) is 1.97. The summed E-state index contributed by atoms with van der Waals surface area (Å²) in [7, 11) is 0. The van der Waals surface area contributed by atoms with E-state index in [4.69, 9.17) is 0 Å². The Morgan fingerprint density at radius 3 is 2.33 bits per heavy atom. The van der Waals surface area contributed by atoms with Crippen molar-refractivity contribution in [3.05, 3.63) is 47.3 Å². The summed E-state index contributed by atoms with van der Waals surface area (Å²) < 4.78 is 14.7. The van der Waals surface area contributed by atoms with Gasteiger partial charge >= 0.3 is 0 Å². The van der Waals surface area contributed by atoms with Crippen LogP contribution in [-0.4, -0.2) is 19.9 Å². The van der Waals surface area contributed by atoms with E-state index in [-0.39, 0.29) is 18.5 Å². The molecule has 0 aliphatic heterocycles. The number of aliphatic hydroxyl groups excluding tert-OH is 1. The Morgan fingerprint density at radius 1 is 1.17 bits per heavy atom. The van der Waals surface area contributed by atoms with Gasteiger partial charge in [-0.05, 0) is 31.5 Å². The van der Waals surface area contributed by atoms with Crippen LogP contribution in [0, 0.1) is 5.82 Å². The van der Waals surface area contributed by atoms with E-state index >= 15 is 0 Å². The van der Waals surface area contributed by atoms with Crippen LogP contribution in [0.1, 0.15) is 37.1 Å². The molecule has 0 saturated carbocycles. The third-order valence-electron chi connectivity index (χ3n) is 2.77. The number of halogens is 1. The Kier molecular flexibility index (Phi) is 3.72. The van der Waals surface area contributed by atoms with Crippen molar-refractivity contribution in [3.63, 3.8) is 0 Å². The number of nitrogens with zero attached hydrogens (tertiary/aromatic N) is 3. The average molecular weight is 249 g/mol. The third-order valence-corrected chi connectivity index (χ3v) is 2.77. The summed E-state index contributed by atoms with van der Waals surface area (Å²) in [5, 5.41) is 17.3. The fourth-order valence-corrected chi connectivity index (χ4v) is 1.97. The Labute approximate surface area is 105 Å². The van der Waals surface area contributed by atoms with Gasteiger partial charge in [0.05, 0.1) is 0 Å². The quantitative estimate of drug-likeness (QED) is 0.902. The van der Waals surface area contributed by atoms with Crippen LogP contribution >= 0.6 is 0 Å². The molecule has 0 bridgehead atoms. The van der Waals surface area contributed by atoms with Crippen LogP contribution in [0.4, 0.5) is 4.39 Å². The highest BCUT2D eigenvalue weighted by molar-refractivity contribution is 5.20. The molecule has 0 radical (unpaired) electrons. The van der Waals surface area contributed by atoms with Crippen LogP contribution in [0.2, 0.25) is 0 Å². The van der Waals surface area contributed by atoms with E-state index < -0.39 is 0 Å². The van der Waals surface area contributed by atoms with Gasteiger partial charge in [0.25, 0.3) is 0 Å². The van der Waals surface area contributed by atoms with E-state index in [1.807, 2.05) is 18.4 Å². The molecule has 1 aromatic carbocycles. The summed E-state index contributed by atoms with van der Waals surface area (Å²) in [6.07, 6.45) is 0.575. The highest BCUT2D eigenvalue weighted by Gasteiger charge is 2.14. The van der Waals surface area contributed by atoms with E-state index in [0.717, 1.165) is 11.4 Å². The van der Waals surface area contributed by atoms with E-state index in [1.165, 1.54) is 12.1 Å². The van der Waals surface area contributed by atoms with Gasteiger partial charge in [0.15, 0.2) is 5.82 Å². The monoisotopic (exact) mass is 249 g/mol. The first kappa shape index (κ1) is 12.7. The summed E-state index contributed by atoms with van der Waals surface area (Å²) in [6, 6.07) is 6.50. The van der Waals surface area contributed by atoms with Gasteiger partial charge in [0, 0.05) is 12.5 Å². The van der Waals surface area contributed by atoms with Crippen molar-refractivity contribution in [3.8, 4) is 0 Å². The Bertz CT molecular complexity index is 520. The molecule has 1 heterocycles. The highest BCUT2D eigenvalue weighted by atomic mass is 19.1. The molecule has 0 atom stereocenters. The van der Waals surface area contributed by atoms with E-state index in [9.17, 15) is 9.50 Å². The molecule has 1 aromatic heterocycles. The van der Waals surface area contributed by atoms with Gasteiger partial charge in [0.1, 0.15) is 18.2 Å². The van der Waals surface area contributed by atoms with Gasteiger partial charge in [-0.15, -0.1) is 10.2 Å². The minimum absolute atomic E-state index is 0.130. The molecular weight excluding hydrogens is 233 g/mol. The van der Waals surface area contributed by atoms with Gasteiger partial charge in [0.2, 0.25) is 0 Å². The van der Waals surface area contributed by atoms with E-state index in [0.29, 0.717) is 12.2 Å². The molecule has 0 aliphatic carbocycles. The molecule has 0 aliphatic rings. The lowest BCUT2D eigenvalue weighted by Crippen LogP contribution is -2.10. The molecule has 2 aromatic rings. The Hall–Kier alpha value is -1.75. The molecule has 5 heteroatoms. The van der Waals surface area contributed by atoms with Crippen molar-refractivity contribution in [1.82, 2.24) is 14.8 Å². The summed E-state index contributed by atoms with van der Waals surface area (Å²) in [5.74, 6) is 1.09. The topological polar surface area (TPSA) is 50.9 Å². The zero-order chi connectivity index (χ0) is 13.1. The first-order valence-corrected chi connectivity index (χ1v) is 5.89. The second-order valence-corrected chi connectivity index (χ2v) is 4.46. The first-order chi connectivity index (χ1) is 8.61. The van der Waals surface area contributed by atoms with Crippen LogP contribution in [0.15, 0.2) is 24.3 Å². The minimum atomic E-state index is -0.250. The summed E-state index contributed by atoms with van der Waals surface area (Å²) in [4.78, 5) is 0. The summed E-state index contributed by atoms with van der Waals surface area (Å²) in [6.45, 7) is 3.89. The SMILES string of the molecule is CC(C)n1c(CO)nnc1Cc1ccc(F)cc1. The van der Waals surface area contributed by atoms with Gasteiger partial charge in [-0.1, -0.05) is 12.1 Å². The molecular formula is C13H16FN3O. The van der Waals surface area contributed by atoms with Crippen molar-refractivity contribution >= 4 is 0 Å². The molecule has 0 unspecified atom stereocenters. The van der Waals surface area contributed by atoms with Crippen LogP contribution in [0.3, 0.4) is 0 Å². The van der Waals surface area contributed by atoms with Crippen molar-refractivity contribution in [2.45, 2.75) is 32.9 Å². The number of hydrogen-bond donors (Lipinski definition) is 1. The number of benzene rings is 1. The predicted octanol–water partition coefficient (Wildman–Crippen LogP) is 2.08. The lowest BCUT2D eigenvalue weighted by atomic mass is 10.1. The molecule has 1 N–H and O–H groups in total. The maximum absolute atomic E-state index is 12.8. The van der Waals surface area contributed by atoms with Crippen molar-refractivity contribution in [1.29, 1.82) is 0 Å². The molecule has 0 saturated heterocycles. The first-order valence-electron chi connectivity index (χ1n) is 5.89. The highest BCUT2D eigenvalue weighted by Crippen LogP contribution is 2.15. The van der Waals surface area contributed by atoms with Gasteiger partial charge in [-0.2, -0.15) is 0 Å². The minimum Gasteiger partial charge on any atom is -0.388 e. The van der Waals surface area contributed by atoms with E-state index in [2.05, 4.69) is 10.2 Å². The maximum atomic E-state index is 12.8. The van der Waals surface area contributed by atoms with Crippen molar-refractivity contribution < 1.29 is 9.50 Å². The lowest BCUT2D eigenvalue weighted by Gasteiger charge is -2.13. The van der Waals surface area contributed by atoms with Crippen LogP contribution in [0.5, 0.6) is 0 Å². The molecule has 96 valence electrons. The normalized spacial score (nSPS) is 11.2. The smallest absolute Gasteiger partial charge is 0.159 e. The van der Waals surface area contributed by atoms with Gasteiger partial charge in [-0.3, -0.25) is 0 Å². The lowest BCUT2D eigenvalue weighted by molar-refractivity contribution is 0.261. The predicted molar refractivity (Wildman–Crippen MR) is 65.5 cm³/mol. The van der Waals surface area contributed by atoms with Gasteiger partial charge < -0.3 is 9.67 Å². The van der Waals surface area contributed by atoms with Gasteiger partial charge in [-0.25, -0.2) is 4.39 Å². The Balaban J connectivity index is 2.28. The van der Waals surface area contributed by atoms with Crippen molar-refractivity contribution in [2.24, 2.45) is 0 Å². The molecule has 0 spiro atoms. The molecule has 2 rings (SSSR count). The molecule has 4 nitrogen and oxygen atoms in total. The second kappa shape index (κ2) is 5.27. The summed E-state index contributed by atoms with van der Waals surface area (Å²) >= 11 is 0. The fraction of sp³-hybridized carbons (Fsp3) is 0.385. The third kappa shape index (κ3) is 2.56. The van der Waals surface area contributed by atoms with Crippen LogP contribution in [0.25, 0.3) is 0 Å². The van der Waals surface area contributed by atoms with Crippen LogP contribution in [-0.2, 0) is 13.0 Å². The zero-order valence-corrected chi connectivity index (χ0v) is 10.5. The van der Waals surface area contributed by atoms with E-state index in [1.54, 1.807) is 12.1 Å².